The Morgan fingerprint density at radius 1 is 1.38 bits per heavy atom. The number of aromatic nitrogens is 2. The molecule has 3 rings (SSSR count). The van der Waals surface area contributed by atoms with Crippen LogP contribution in [0.4, 0.5) is 0 Å². The molecule has 0 saturated carbocycles. The van der Waals surface area contributed by atoms with Gasteiger partial charge in [0.05, 0.1) is 18.2 Å². The van der Waals surface area contributed by atoms with Crippen molar-refractivity contribution in [2.45, 2.75) is 6.92 Å². The molecule has 16 heavy (non-hydrogen) atoms. The highest BCUT2D eigenvalue weighted by Crippen LogP contribution is 2.23. The number of halogens is 1. The maximum Gasteiger partial charge on any atom is 0.140 e. The van der Waals surface area contributed by atoms with Crippen molar-refractivity contribution in [3.8, 4) is 11.3 Å². The van der Waals surface area contributed by atoms with Gasteiger partial charge in [-0.2, -0.15) is 0 Å². The van der Waals surface area contributed by atoms with Crippen molar-refractivity contribution in [3.05, 3.63) is 47.1 Å². The van der Waals surface area contributed by atoms with Crippen LogP contribution >= 0.6 is 15.9 Å². The van der Waals surface area contributed by atoms with Crippen LogP contribution in [0.3, 0.4) is 0 Å². The second-order valence-corrected chi connectivity index (χ2v) is 4.63. The van der Waals surface area contributed by atoms with Crippen molar-refractivity contribution in [2.75, 3.05) is 0 Å². The molecule has 0 N–H and O–H groups in total. The third kappa shape index (κ3) is 1.46. The molecule has 80 valence electrons. The topological polar surface area (TPSA) is 30.4 Å². The molecule has 3 nitrogen and oxygen atoms in total. The van der Waals surface area contributed by atoms with E-state index in [1.807, 2.05) is 29.8 Å². The molecule has 0 unspecified atom stereocenters. The average molecular weight is 277 g/mol. The number of rotatable bonds is 1. The number of aryl methyl sites for hydroxylation is 1. The van der Waals surface area contributed by atoms with Gasteiger partial charge in [-0.1, -0.05) is 0 Å². The zero-order chi connectivity index (χ0) is 11.1. The summed E-state index contributed by atoms with van der Waals surface area (Å²) in [7, 11) is 0. The van der Waals surface area contributed by atoms with Gasteiger partial charge in [-0.15, -0.1) is 0 Å². The van der Waals surface area contributed by atoms with Gasteiger partial charge in [-0.3, -0.25) is 0 Å². The number of pyridine rings is 1. The maximum absolute atomic E-state index is 5.06. The molecule has 0 radical (unpaired) electrons. The Balaban J connectivity index is 2.27. The highest BCUT2D eigenvalue weighted by molar-refractivity contribution is 9.10. The van der Waals surface area contributed by atoms with E-state index in [9.17, 15) is 0 Å². The zero-order valence-corrected chi connectivity index (χ0v) is 10.2. The molecule has 3 heterocycles. The Labute approximate surface area is 101 Å². The minimum absolute atomic E-state index is 0.926. The van der Waals surface area contributed by atoms with Crippen molar-refractivity contribution >= 4 is 21.6 Å². The first-order valence-corrected chi connectivity index (χ1v) is 5.71. The van der Waals surface area contributed by atoms with E-state index in [4.69, 9.17) is 4.42 Å². The van der Waals surface area contributed by atoms with Crippen molar-refractivity contribution < 1.29 is 4.42 Å². The molecule has 3 aromatic rings. The summed E-state index contributed by atoms with van der Waals surface area (Å²) in [5.74, 6) is 0. The molecule has 0 aliphatic heterocycles. The van der Waals surface area contributed by atoms with E-state index in [2.05, 4.69) is 27.0 Å². The standard InChI is InChI=1S/C12H9BrN2O/c1-8-4-10(13)5-15-6-11(14-12(8)15)9-2-3-16-7-9/h2-7H,1H3. The van der Waals surface area contributed by atoms with Crippen LogP contribution in [-0.4, -0.2) is 9.38 Å². The second-order valence-electron chi connectivity index (χ2n) is 3.71. The van der Waals surface area contributed by atoms with Crippen molar-refractivity contribution in [1.82, 2.24) is 9.38 Å². The normalized spacial score (nSPS) is 11.1. The predicted molar refractivity (Wildman–Crippen MR) is 65.3 cm³/mol. The molecule has 0 aliphatic rings. The van der Waals surface area contributed by atoms with E-state index in [0.29, 0.717) is 0 Å². The summed E-state index contributed by atoms with van der Waals surface area (Å²) < 4.78 is 8.13. The Morgan fingerprint density at radius 2 is 2.25 bits per heavy atom. The van der Waals surface area contributed by atoms with E-state index in [1.165, 1.54) is 0 Å². The fourth-order valence-corrected chi connectivity index (χ4v) is 2.34. The zero-order valence-electron chi connectivity index (χ0n) is 8.64. The van der Waals surface area contributed by atoms with E-state index in [-0.39, 0.29) is 0 Å². The minimum Gasteiger partial charge on any atom is -0.472 e. The van der Waals surface area contributed by atoms with E-state index in [0.717, 1.165) is 26.9 Å². The largest absolute Gasteiger partial charge is 0.472 e. The van der Waals surface area contributed by atoms with Gasteiger partial charge in [0.25, 0.3) is 0 Å². The smallest absolute Gasteiger partial charge is 0.140 e. The summed E-state index contributed by atoms with van der Waals surface area (Å²) in [4.78, 5) is 4.58. The lowest BCUT2D eigenvalue weighted by atomic mass is 10.3. The lowest BCUT2D eigenvalue weighted by molar-refractivity contribution is 0.568. The lowest BCUT2D eigenvalue weighted by Gasteiger charge is -1.97. The van der Waals surface area contributed by atoms with Gasteiger partial charge in [0, 0.05) is 22.4 Å². The Hall–Kier alpha value is -1.55. The molecule has 3 aromatic heterocycles. The SMILES string of the molecule is Cc1cc(Br)cn2cc(-c3ccoc3)nc12. The first-order valence-electron chi connectivity index (χ1n) is 4.91. The molecule has 0 aliphatic carbocycles. The van der Waals surface area contributed by atoms with E-state index >= 15 is 0 Å². The first kappa shape index (κ1) is 9.66. The van der Waals surface area contributed by atoms with Crippen LogP contribution in [0.15, 0.2) is 45.9 Å². The Bertz CT molecular complexity index is 640. The van der Waals surface area contributed by atoms with Crippen LogP contribution < -0.4 is 0 Å². The van der Waals surface area contributed by atoms with E-state index in [1.54, 1.807) is 12.5 Å². The average Bonchev–Trinajstić information content (AvgIpc) is 2.82. The molecule has 0 atom stereocenters. The third-order valence-corrected chi connectivity index (χ3v) is 2.95. The van der Waals surface area contributed by atoms with Crippen LogP contribution in [0, 0.1) is 6.92 Å². The van der Waals surface area contributed by atoms with E-state index < -0.39 is 0 Å². The monoisotopic (exact) mass is 276 g/mol. The lowest BCUT2D eigenvalue weighted by Crippen LogP contribution is -1.86. The van der Waals surface area contributed by atoms with Gasteiger partial charge in [0.1, 0.15) is 5.65 Å². The van der Waals surface area contributed by atoms with Gasteiger partial charge in [-0.05, 0) is 40.5 Å². The summed E-state index contributed by atoms with van der Waals surface area (Å²) in [6.07, 6.45) is 7.35. The molecular weight excluding hydrogens is 268 g/mol. The molecule has 4 heteroatoms. The third-order valence-electron chi connectivity index (χ3n) is 2.52. The Kier molecular flexibility index (Phi) is 2.11. The second kappa shape index (κ2) is 3.49. The van der Waals surface area contributed by atoms with Crippen molar-refractivity contribution in [1.29, 1.82) is 0 Å². The van der Waals surface area contributed by atoms with Crippen LogP contribution in [-0.2, 0) is 0 Å². The fourth-order valence-electron chi connectivity index (χ4n) is 1.77. The maximum atomic E-state index is 5.06. The summed E-state index contributed by atoms with van der Waals surface area (Å²) in [6.45, 7) is 2.05. The van der Waals surface area contributed by atoms with Gasteiger partial charge in [-0.25, -0.2) is 4.98 Å². The molecule has 0 fully saturated rings. The molecule has 0 aromatic carbocycles. The van der Waals surface area contributed by atoms with Gasteiger partial charge >= 0.3 is 0 Å². The predicted octanol–water partition coefficient (Wildman–Crippen LogP) is 3.67. The number of imidazole rings is 1. The summed E-state index contributed by atoms with van der Waals surface area (Å²) >= 11 is 3.47. The first-order chi connectivity index (χ1) is 7.74. The fraction of sp³-hybridized carbons (Fsp3) is 0.0833. The molecular formula is C12H9BrN2O. The van der Waals surface area contributed by atoms with Gasteiger partial charge in [0.2, 0.25) is 0 Å². The molecule has 0 spiro atoms. The van der Waals surface area contributed by atoms with Crippen molar-refractivity contribution in [3.63, 3.8) is 0 Å². The molecule has 0 amide bonds. The summed E-state index contributed by atoms with van der Waals surface area (Å²) in [6, 6.07) is 3.97. The number of hydrogen-bond donors (Lipinski definition) is 0. The van der Waals surface area contributed by atoms with Crippen LogP contribution in [0.5, 0.6) is 0 Å². The molecule has 0 saturated heterocycles. The van der Waals surface area contributed by atoms with Crippen LogP contribution in [0.25, 0.3) is 16.9 Å². The van der Waals surface area contributed by atoms with Crippen molar-refractivity contribution in [2.24, 2.45) is 0 Å². The quantitative estimate of drug-likeness (QED) is 0.679. The van der Waals surface area contributed by atoms with Gasteiger partial charge in [0.15, 0.2) is 0 Å². The molecule has 0 bridgehead atoms. The highest BCUT2D eigenvalue weighted by atomic mass is 79.9. The number of furan rings is 1. The number of fused-ring (bicyclic) bond motifs is 1. The Morgan fingerprint density at radius 3 is 3.00 bits per heavy atom. The summed E-state index contributed by atoms with van der Waals surface area (Å²) in [5, 5.41) is 0. The number of hydrogen-bond acceptors (Lipinski definition) is 2. The van der Waals surface area contributed by atoms with Crippen LogP contribution in [0.2, 0.25) is 0 Å². The minimum atomic E-state index is 0.926. The van der Waals surface area contributed by atoms with Gasteiger partial charge < -0.3 is 8.82 Å². The highest BCUT2D eigenvalue weighted by Gasteiger charge is 2.07. The summed E-state index contributed by atoms with van der Waals surface area (Å²) in [5.41, 5.74) is 4.04. The van der Waals surface area contributed by atoms with Crippen LogP contribution in [0.1, 0.15) is 5.56 Å². The number of nitrogens with zero attached hydrogens (tertiary/aromatic N) is 2.